The topological polar surface area (TPSA) is 69.2 Å². The van der Waals surface area contributed by atoms with Gasteiger partial charge in [-0.3, -0.25) is 4.79 Å². The molecular formula is C19H20N2O4. The first-order chi connectivity index (χ1) is 12.2. The molecule has 0 atom stereocenters. The number of carbonyl (C=O) groups excluding carboxylic acids is 1. The fourth-order valence-corrected chi connectivity index (χ4v) is 2.10. The number of ether oxygens (including phenoxy) is 3. The molecule has 0 aromatic heterocycles. The molecule has 1 amide bonds. The van der Waals surface area contributed by atoms with E-state index in [1.54, 1.807) is 50.6 Å². The Morgan fingerprint density at radius 3 is 2.56 bits per heavy atom. The van der Waals surface area contributed by atoms with Crippen LogP contribution in [0.2, 0.25) is 0 Å². The molecule has 6 heteroatoms. The molecule has 0 saturated carbocycles. The fourth-order valence-electron chi connectivity index (χ4n) is 2.10. The van der Waals surface area contributed by atoms with Crippen LogP contribution in [0.25, 0.3) is 0 Å². The number of benzene rings is 2. The van der Waals surface area contributed by atoms with Gasteiger partial charge < -0.3 is 14.2 Å². The third kappa shape index (κ3) is 4.84. The summed E-state index contributed by atoms with van der Waals surface area (Å²) >= 11 is 0. The summed E-state index contributed by atoms with van der Waals surface area (Å²) in [5.74, 6) is 1.48. The van der Waals surface area contributed by atoms with Gasteiger partial charge in [0.2, 0.25) is 0 Å². The van der Waals surface area contributed by atoms with Gasteiger partial charge >= 0.3 is 0 Å². The van der Waals surface area contributed by atoms with Gasteiger partial charge in [-0.1, -0.05) is 18.7 Å². The molecule has 0 spiro atoms. The van der Waals surface area contributed by atoms with Gasteiger partial charge in [0.15, 0.2) is 11.5 Å². The molecule has 0 aliphatic rings. The SMILES string of the molecule is C=CCOc1ccc(C(=O)N/N=C/c2cccc(OC)c2OC)cc1. The molecule has 6 nitrogen and oxygen atoms in total. The Hall–Kier alpha value is -3.28. The second-order valence-electron chi connectivity index (χ2n) is 4.91. The number of nitrogens with one attached hydrogen (secondary N) is 1. The molecule has 0 heterocycles. The molecule has 0 fully saturated rings. The second kappa shape index (κ2) is 9.12. The average Bonchev–Trinajstić information content (AvgIpc) is 2.66. The molecule has 0 unspecified atom stereocenters. The Bertz CT molecular complexity index is 755. The van der Waals surface area contributed by atoms with E-state index in [2.05, 4.69) is 17.1 Å². The van der Waals surface area contributed by atoms with E-state index < -0.39 is 0 Å². The van der Waals surface area contributed by atoms with Gasteiger partial charge in [0.1, 0.15) is 12.4 Å². The highest BCUT2D eigenvalue weighted by atomic mass is 16.5. The van der Waals surface area contributed by atoms with Crippen LogP contribution in [0.15, 0.2) is 60.2 Å². The number of hydrogen-bond acceptors (Lipinski definition) is 5. The lowest BCUT2D eigenvalue weighted by Gasteiger charge is -2.09. The minimum absolute atomic E-state index is 0.326. The van der Waals surface area contributed by atoms with Crippen LogP contribution < -0.4 is 19.6 Å². The molecule has 1 N–H and O–H groups in total. The van der Waals surface area contributed by atoms with Crippen molar-refractivity contribution in [3.05, 3.63) is 66.2 Å². The normalized spacial score (nSPS) is 10.3. The van der Waals surface area contributed by atoms with Gasteiger partial charge in [0, 0.05) is 11.1 Å². The summed E-state index contributed by atoms with van der Waals surface area (Å²) in [6, 6.07) is 12.2. The van der Waals surface area contributed by atoms with Crippen molar-refractivity contribution in [3.63, 3.8) is 0 Å². The van der Waals surface area contributed by atoms with Crippen LogP contribution in [0, 0.1) is 0 Å². The maximum Gasteiger partial charge on any atom is 0.271 e. The molecule has 0 radical (unpaired) electrons. The number of methoxy groups -OCH3 is 2. The van der Waals surface area contributed by atoms with Gasteiger partial charge in [-0.25, -0.2) is 5.43 Å². The minimum atomic E-state index is -0.326. The summed E-state index contributed by atoms with van der Waals surface area (Å²) < 4.78 is 15.9. The first kappa shape index (κ1) is 18.1. The molecule has 0 aliphatic heterocycles. The minimum Gasteiger partial charge on any atom is -0.493 e. The predicted octanol–water partition coefficient (Wildman–Crippen LogP) is 3.03. The Kier molecular flexibility index (Phi) is 6.59. The quantitative estimate of drug-likeness (QED) is 0.456. The molecule has 25 heavy (non-hydrogen) atoms. The first-order valence-electron chi connectivity index (χ1n) is 7.57. The second-order valence-corrected chi connectivity index (χ2v) is 4.91. The monoisotopic (exact) mass is 340 g/mol. The lowest BCUT2D eigenvalue weighted by Crippen LogP contribution is -2.17. The highest BCUT2D eigenvalue weighted by molar-refractivity contribution is 5.95. The van der Waals surface area contributed by atoms with E-state index >= 15 is 0 Å². The number of nitrogens with zero attached hydrogens (tertiary/aromatic N) is 1. The lowest BCUT2D eigenvalue weighted by atomic mass is 10.2. The summed E-state index contributed by atoms with van der Waals surface area (Å²) in [5, 5.41) is 3.97. The highest BCUT2D eigenvalue weighted by Crippen LogP contribution is 2.29. The van der Waals surface area contributed by atoms with Crippen LogP contribution in [-0.2, 0) is 0 Å². The van der Waals surface area contributed by atoms with Crippen molar-refractivity contribution in [1.29, 1.82) is 0 Å². The molecule has 0 bridgehead atoms. The molecule has 2 rings (SSSR count). The smallest absolute Gasteiger partial charge is 0.271 e. The number of hydrogen-bond donors (Lipinski definition) is 1. The maximum absolute atomic E-state index is 12.1. The summed E-state index contributed by atoms with van der Waals surface area (Å²) in [6.07, 6.45) is 3.16. The predicted molar refractivity (Wildman–Crippen MR) is 96.7 cm³/mol. The Labute approximate surface area is 146 Å². The molecule has 2 aromatic rings. The van der Waals surface area contributed by atoms with E-state index in [9.17, 15) is 4.79 Å². The van der Waals surface area contributed by atoms with Gasteiger partial charge in [0.25, 0.3) is 5.91 Å². The van der Waals surface area contributed by atoms with Crippen LogP contribution in [-0.4, -0.2) is 32.9 Å². The van der Waals surface area contributed by atoms with E-state index in [4.69, 9.17) is 14.2 Å². The van der Waals surface area contributed by atoms with E-state index in [1.807, 2.05) is 12.1 Å². The molecular weight excluding hydrogens is 320 g/mol. The van der Waals surface area contributed by atoms with Crippen molar-refractivity contribution < 1.29 is 19.0 Å². The molecule has 2 aromatic carbocycles. The molecule has 130 valence electrons. The average molecular weight is 340 g/mol. The van der Waals surface area contributed by atoms with E-state index in [0.29, 0.717) is 35.0 Å². The number of carbonyl (C=O) groups is 1. The van der Waals surface area contributed by atoms with Crippen LogP contribution in [0.3, 0.4) is 0 Å². The van der Waals surface area contributed by atoms with Gasteiger partial charge in [-0.2, -0.15) is 5.10 Å². The Balaban J connectivity index is 2.02. The van der Waals surface area contributed by atoms with Crippen LogP contribution in [0.4, 0.5) is 0 Å². The molecule has 0 aliphatic carbocycles. The Morgan fingerprint density at radius 1 is 1.16 bits per heavy atom. The van der Waals surface area contributed by atoms with Crippen molar-refractivity contribution in [2.75, 3.05) is 20.8 Å². The number of para-hydroxylation sites is 1. The van der Waals surface area contributed by atoms with E-state index in [0.717, 1.165) is 0 Å². The van der Waals surface area contributed by atoms with Crippen molar-refractivity contribution >= 4 is 12.1 Å². The third-order valence-corrected chi connectivity index (χ3v) is 3.29. The van der Waals surface area contributed by atoms with Crippen LogP contribution in [0.5, 0.6) is 17.2 Å². The summed E-state index contributed by atoms with van der Waals surface area (Å²) in [4.78, 5) is 12.1. The van der Waals surface area contributed by atoms with Crippen LogP contribution >= 0.6 is 0 Å². The summed E-state index contributed by atoms with van der Waals surface area (Å²) in [6.45, 7) is 4.00. The van der Waals surface area contributed by atoms with E-state index in [-0.39, 0.29) is 5.91 Å². The summed E-state index contributed by atoms with van der Waals surface area (Å²) in [5.41, 5.74) is 3.64. The van der Waals surface area contributed by atoms with E-state index in [1.165, 1.54) is 6.21 Å². The van der Waals surface area contributed by atoms with Crippen molar-refractivity contribution in [3.8, 4) is 17.2 Å². The zero-order valence-electron chi connectivity index (χ0n) is 14.2. The number of hydrazone groups is 1. The fraction of sp³-hybridized carbons (Fsp3) is 0.158. The van der Waals surface area contributed by atoms with Crippen molar-refractivity contribution in [2.24, 2.45) is 5.10 Å². The summed E-state index contributed by atoms with van der Waals surface area (Å²) in [7, 11) is 3.10. The van der Waals surface area contributed by atoms with Gasteiger partial charge in [-0.05, 0) is 36.4 Å². The third-order valence-electron chi connectivity index (χ3n) is 3.29. The lowest BCUT2D eigenvalue weighted by molar-refractivity contribution is 0.0955. The van der Waals surface area contributed by atoms with Crippen molar-refractivity contribution in [1.82, 2.24) is 5.43 Å². The standard InChI is InChI=1S/C19H20N2O4/c1-4-12-25-16-10-8-14(9-11-16)19(22)21-20-13-15-6-5-7-17(23-2)18(15)24-3/h4-11,13H,1,12H2,2-3H3,(H,21,22)/b20-13+. The van der Waals surface area contributed by atoms with Gasteiger partial charge in [0.05, 0.1) is 20.4 Å². The highest BCUT2D eigenvalue weighted by Gasteiger charge is 2.08. The maximum atomic E-state index is 12.1. The Morgan fingerprint density at radius 2 is 1.92 bits per heavy atom. The van der Waals surface area contributed by atoms with Gasteiger partial charge in [-0.15, -0.1) is 0 Å². The molecule has 0 saturated heterocycles. The van der Waals surface area contributed by atoms with Crippen molar-refractivity contribution in [2.45, 2.75) is 0 Å². The largest absolute Gasteiger partial charge is 0.493 e. The number of amides is 1. The number of rotatable bonds is 8. The first-order valence-corrected chi connectivity index (χ1v) is 7.57. The zero-order valence-corrected chi connectivity index (χ0v) is 14.2. The van der Waals surface area contributed by atoms with Crippen LogP contribution in [0.1, 0.15) is 15.9 Å². The zero-order chi connectivity index (χ0) is 18.1.